The second kappa shape index (κ2) is 7.00. The van der Waals surface area contributed by atoms with Crippen LogP contribution in [0.15, 0.2) is 59.5 Å². The van der Waals surface area contributed by atoms with E-state index in [2.05, 4.69) is 5.32 Å². The lowest BCUT2D eigenvalue weighted by atomic mass is 10.1. The molecule has 0 aromatic heterocycles. The Hall–Kier alpha value is -1.46. The summed E-state index contributed by atoms with van der Waals surface area (Å²) in [6.07, 6.45) is -4.29. The second-order valence-corrected chi connectivity index (χ2v) is 5.68. The van der Waals surface area contributed by atoms with Crippen molar-refractivity contribution in [2.75, 3.05) is 12.8 Å². The van der Waals surface area contributed by atoms with E-state index in [4.69, 9.17) is 0 Å². The van der Waals surface area contributed by atoms with Gasteiger partial charge in [-0.15, -0.1) is 11.8 Å². The van der Waals surface area contributed by atoms with Crippen LogP contribution in [0.4, 0.5) is 13.2 Å². The van der Waals surface area contributed by atoms with Crippen LogP contribution in [0.5, 0.6) is 0 Å². The van der Waals surface area contributed by atoms with Gasteiger partial charge in [0.1, 0.15) is 0 Å². The molecular formula is C16H16F3NS. The molecule has 1 N–H and O–H groups in total. The topological polar surface area (TPSA) is 12.0 Å². The Morgan fingerprint density at radius 3 is 2.14 bits per heavy atom. The van der Waals surface area contributed by atoms with Gasteiger partial charge in [-0.05, 0) is 36.9 Å². The molecule has 0 aliphatic rings. The van der Waals surface area contributed by atoms with Crippen molar-refractivity contribution >= 4 is 11.8 Å². The van der Waals surface area contributed by atoms with Crippen LogP contribution in [0.3, 0.4) is 0 Å². The lowest BCUT2D eigenvalue weighted by Gasteiger charge is -2.17. The third kappa shape index (κ3) is 4.51. The lowest BCUT2D eigenvalue weighted by molar-refractivity contribution is -0.137. The minimum Gasteiger partial charge on any atom is -0.312 e. The number of nitrogens with one attached hydrogen (secondary N) is 1. The van der Waals surface area contributed by atoms with E-state index in [1.807, 2.05) is 37.4 Å². The first kappa shape index (κ1) is 15.9. The van der Waals surface area contributed by atoms with Crippen LogP contribution in [-0.4, -0.2) is 12.8 Å². The minimum absolute atomic E-state index is 0.0116. The number of alkyl halides is 3. The fourth-order valence-corrected chi connectivity index (χ4v) is 3.01. The molecule has 0 heterocycles. The van der Waals surface area contributed by atoms with Gasteiger partial charge >= 0.3 is 6.18 Å². The molecule has 21 heavy (non-hydrogen) atoms. The van der Waals surface area contributed by atoms with Gasteiger partial charge in [0, 0.05) is 16.7 Å². The fourth-order valence-electron chi connectivity index (χ4n) is 1.95. The van der Waals surface area contributed by atoms with Crippen LogP contribution in [0.1, 0.15) is 17.2 Å². The maximum atomic E-state index is 12.6. The number of halogens is 3. The molecule has 1 unspecified atom stereocenters. The van der Waals surface area contributed by atoms with Crippen LogP contribution in [0, 0.1) is 0 Å². The smallest absolute Gasteiger partial charge is 0.312 e. The van der Waals surface area contributed by atoms with E-state index in [-0.39, 0.29) is 6.04 Å². The van der Waals surface area contributed by atoms with Gasteiger partial charge in [-0.2, -0.15) is 13.2 Å². The zero-order valence-corrected chi connectivity index (χ0v) is 12.3. The number of benzene rings is 2. The van der Waals surface area contributed by atoms with E-state index < -0.39 is 11.7 Å². The molecule has 0 fully saturated rings. The summed E-state index contributed by atoms with van der Waals surface area (Å²) in [5.74, 6) is 0.756. The molecule has 2 aromatic carbocycles. The average molecular weight is 311 g/mol. The molecule has 0 aliphatic carbocycles. The van der Waals surface area contributed by atoms with Crippen molar-refractivity contribution in [2.24, 2.45) is 0 Å². The maximum Gasteiger partial charge on any atom is 0.416 e. The van der Waals surface area contributed by atoms with E-state index in [0.29, 0.717) is 0 Å². The highest BCUT2D eigenvalue weighted by molar-refractivity contribution is 7.99. The highest BCUT2D eigenvalue weighted by Gasteiger charge is 2.30. The molecule has 0 bridgehead atoms. The van der Waals surface area contributed by atoms with E-state index in [0.717, 1.165) is 28.3 Å². The van der Waals surface area contributed by atoms with Crippen molar-refractivity contribution in [3.8, 4) is 0 Å². The summed E-state index contributed by atoms with van der Waals surface area (Å²) in [6.45, 7) is 0. The number of hydrogen-bond acceptors (Lipinski definition) is 2. The zero-order valence-electron chi connectivity index (χ0n) is 11.5. The summed E-state index contributed by atoms with van der Waals surface area (Å²) in [6, 6.07) is 15.3. The molecule has 0 radical (unpaired) electrons. The molecule has 0 aliphatic heterocycles. The highest BCUT2D eigenvalue weighted by atomic mass is 32.2. The predicted octanol–water partition coefficient (Wildman–Crippen LogP) is 4.76. The molecule has 0 amide bonds. The van der Waals surface area contributed by atoms with E-state index >= 15 is 0 Å². The van der Waals surface area contributed by atoms with Gasteiger partial charge in [0.25, 0.3) is 0 Å². The molecule has 0 saturated heterocycles. The Morgan fingerprint density at radius 1 is 1.00 bits per heavy atom. The van der Waals surface area contributed by atoms with Crippen molar-refractivity contribution in [3.63, 3.8) is 0 Å². The quantitative estimate of drug-likeness (QED) is 0.799. The Balaban J connectivity index is 2.04. The summed E-state index contributed by atoms with van der Waals surface area (Å²) < 4.78 is 37.7. The molecule has 1 atom stereocenters. The molecule has 5 heteroatoms. The molecule has 112 valence electrons. The zero-order chi connectivity index (χ0) is 15.3. The van der Waals surface area contributed by atoms with Crippen molar-refractivity contribution in [1.29, 1.82) is 0 Å². The van der Waals surface area contributed by atoms with Crippen molar-refractivity contribution < 1.29 is 13.2 Å². The number of hydrogen-bond donors (Lipinski definition) is 1. The summed E-state index contributed by atoms with van der Waals surface area (Å²) in [7, 11) is 1.81. The van der Waals surface area contributed by atoms with Gasteiger partial charge in [-0.1, -0.05) is 30.3 Å². The first-order valence-corrected chi connectivity index (χ1v) is 7.51. The van der Waals surface area contributed by atoms with E-state index in [1.54, 1.807) is 11.8 Å². The predicted molar refractivity (Wildman–Crippen MR) is 80.4 cm³/mol. The average Bonchev–Trinajstić information content (AvgIpc) is 2.48. The van der Waals surface area contributed by atoms with Crippen molar-refractivity contribution in [2.45, 2.75) is 17.1 Å². The first-order valence-electron chi connectivity index (χ1n) is 6.53. The minimum atomic E-state index is -4.29. The Labute approximate surface area is 126 Å². The first-order chi connectivity index (χ1) is 10.0. The van der Waals surface area contributed by atoms with Gasteiger partial charge in [0.2, 0.25) is 0 Å². The molecule has 0 spiro atoms. The third-order valence-electron chi connectivity index (χ3n) is 3.15. The summed E-state index contributed by atoms with van der Waals surface area (Å²) in [5.41, 5.74) is 0.241. The summed E-state index contributed by atoms with van der Waals surface area (Å²) in [4.78, 5) is 1.14. The normalized spacial score (nSPS) is 13.1. The van der Waals surface area contributed by atoms with Crippen LogP contribution in [0.25, 0.3) is 0 Å². The fraction of sp³-hybridized carbons (Fsp3) is 0.250. The Kier molecular flexibility index (Phi) is 5.31. The second-order valence-electron chi connectivity index (χ2n) is 4.59. The molecule has 1 nitrogen and oxygen atoms in total. The summed E-state index contributed by atoms with van der Waals surface area (Å²) in [5, 5.41) is 3.14. The van der Waals surface area contributed by atoms with Gasteiger partial charge in [-0.3, -0.25) is 0 Å². The van der Waals surface area contributed by atoms with Crippen LogP contribution in [0.2, 0.25) is 0 Å². The molecule has 2 aromatic rings. The maximum absolute atomic E-state index is 12.6. The van der Waals surface area contributed by atoms with Crippen LogP contribution < -0.4 is 5.32 Å². The molecule has 0 saturated carbocycles. The Morgan fingerprint density at radius 2 is 1.62 bits per heavy atom. The van der Waals surface area contributed by atoms with Crippen molar-refractivity contribution in [1.82, 2.24) is 5.32 Å². The van der Waals surface area contributed by atoms with Crippen LogP contribution >= 0.6 is 11.8 Å². The SMILES string of the molecule is CNC(CSc1ccccc1)c1ccc(C(F)(F)F)cc1. The molecule has 2 rings (SSSR count). The van der Waals surface area contributed by atoms with Gasteiger partial charge in [0.05, 0.1) is 5.56 Å². The standard InChI is InChI=1S/C16H16F3NS/c1-20-15(11-21-14-5-3-2-4-6-14)12-7-9-13(10-8-12)16(17,18)19/h2-10,15,20H,11H2,1H3. The lowest BCUT2D eigenvalue weighted by Crippen LogP contribution is -2.19. The van der Waals surface area contributed by atoms with Gasteiger partial charge in [-0.25, -0.2) is 0 Å². The van der Waals surface area contributed by atoms with E-state index in [9.17, 15) is 13.2 Å². The number of thioether (sulfide) groups is 1. The summed E-state index contributed by atoms with van der Waals surface area (Å²) >= 11 is 1.67. The molecular weight excluding hydrogens is 295 g/mol. The highest BCUT2D eigenvalue weighted by Crippen LogP contribution is 2.31. The monoisotopic (exact) mass is 311 g/mol. The Bertz CT molecular complexity index is 552. The third-order valence-corrected chi connectivity index (χ3v) is 4.25. The number of rotatable bonds is 5. The van der Waals surface area contributed by atoms with E-state index in [1.165, 1.54) is 12.1 Å². The van der Waals surface area contributed by atoms with Gasteiger partial charge in [0.15, 0.2) is 0 Å². The van der Waals surface area contributed by atoms with Crippen LogP contribution in [-0.2, 0) is 6.18 Å². The van der Waals surface area contributed by atoms with Gasteiger partial charge < -0.3 is 5.32 Å². The largest absolute Gasteiger partial charge is 0.416 e. The van der Waals surface area contributed by atoms with Crippen molar-refractivity contribution in [3.05, 3.63) is 65.7 Å².